The Kier molecular flexibility index (Phi) is 2.74. The third-order valence-electron chi connectivity index (χ3n) is 2.95. The van der Waals surface area contributed by atoms with Gasteiger partial charge >= 0.3 is 0 Å². The first kappa shape index (κ1) is 12.0. The van der Waals surface area contributed by atoms with Gasteiger partial charge in [0.1, 0.15) is 5.69 Å². The van der Waals surface area contributed by atoms with Gasteiger partial charge in [-0.2, -0.15) is 0 Å². The van der Waals surface area contributed by atoms with Gasteiger partial charge in [-0.15, -0.1) is 0 Å². The lowest BCUT2D eigenvalue weighted by Gasteiger charge is -2.11. The van der Waals surface area contributed by atoms with Gasteiger partial charge < -0.3 is 11.5 Å². The van der Waals surface area contributed by atoms with Gasteiger partial charge in [0.2, 0.25) is 0 Å². The Morgan fingerprint density at radius 3 is 2.33 bits per heavy atom. The number of benzene rings is 1. The molecule has 0 aliphatic carbocycles. The van der Waals surface area contributed by atoms with Crippen molar-refractivity contribution in [3.63, 3.8) is 0 Å². The Hall–Kier alpha value is -2.43. The maximum atomic E-state index is 11.5. The second kappa shape index (κ2) is 4.10. The minimum Gasteiger partial charge on any atom is -0.366 e. The van der Waals surface area contributed by atoms with Gasteiger partial charge in [0.05, 0.1) is 11.1 Å². The Labute approximate surface area is 104 Å². The van der Waals surface area contributed by atoms with Crippen molar-refractivity contribution in [2.75, 3.05) is 0 Å². The molecule has 0 spiro atoms. The number of hydrogen-bond acceptors (Lipinski definition) is 3. The van der Waals surface area contributed by atoms with Crippen LogP contribution in [0.25, 0.3) is 10.9 Å². The van der Waals surface area contributed by atoms with E-state index in [1.54, 1.807) is 13.0 Å². The van der Waals surface area contributed by atoms with Crippen molar-refractivity contribution < 1.29 is 9.59 Å². The summed E-state index contributed by atoms with van der Waals surface area (Å²) in [5.74, 6) is -1.45. The van der Waals surface area contributed by atoms with Crippen molar-refractivity contribution in [2.24, 2.45) is 11.5 Å². The van der Waals surface area contributed by atoms with E-state index in [-0.39, 0.29) is 11.3 Å². The largest absolute Gasteiger partial charge is 0.366 e. The average molecular weight is 243 g/mol. The van der Waals surface area contributed by atoms with Crippen molar-refractivity contribution >= 4 is 22.7 Å². The topological polar surface area (TPSA) is 99.1 Å². The van der Waals surface area contributed by atoms with Crippen LogP contribution in [0.1, 0.15) is 32.0 Å². The smallest absolute Gasteiger partial charge is 0.268 e. The van der Waals surface area contributed by atoms with E-state index in [2.05, 4.69) is 4.98 Å². The molecule has 0 aliphatic rings. The van der Waals surface area contributed by atoms with Crippen LogP contribution in [0, 0.1) is 13.8 Å². The molecule has 92 valence electrons. The molecule has 1 heterocycles. The number of primary amides is 2. The number of nitrogens with zero attached hydrogens (tertiary/aromatic N) is 1. The number of pyridine rings is 1. The number of hydrogen-bond donors (Lipinski definition) is 2. The molecule has 2 rings (SSSR count). The molecule has 5 nitrogen and oxygen atoms in total. The number of rotatable bonds is 2. The van der Waals surface area contributed by atoms with E-state index in [9.17, 15) is 9.59 Å². The summed E-state index contributed by atoms with van der Waals surface area (Å²) in [6, 6.07) is 5.51. The third kappa shape index (κ3) is 1.69. The third-order valence-corrected chi connectivity index (χ3v) is 2.95. The molecule has 2 amide bonds. The normalized spacial score (nSPS) is 10.6. The first-order valence-corrected chi connectivity index (χ1v) is 5.43. The minimum atomic E-state index is -0.754. The van der Waals surface area contributed by atoms with Crippen LogP contribution in [0.2, 0.25) is 0 Å². The SMILES string of the molecule is Cc1cccc2nc(C(N)=O)c(C(N)=O)c(C)c12. The van der Waals surface area contributed by atoms with E-state index in [0.29, 0.717) is 11.1 Å². The number of aryl methyl sites for hydroxylation is 2. The molecule has 5 heteroatoms. The van der Waals surface area contributed by atoms with Crippen LogP contribution in [0.4, 0.5) is 0 Å². The number of carbonyl (C=O) groups is 2. The lowest BCUT2D eigenvalue weighted by Crippen LogP contribution is -2.23. The van der Waals surface area contributed by atoms with E-state index >= 15 is 0 Å². The van der Waals surface area contributed by atoms with Gasteiger partial charge in [0.25, 0.3) is 11.8 Å². The average Bonchev–Trinajstić information content (AvgIpc) is 2.27. The quantitative estimate of drug-likeness (QED) is 0.824. The van der Waals surface area contributed by atoms with Crippen molar-refractivity contribution in [3.8, 4) is 0 Å². The number of amides is 2. The van der Waals surface area contributed by atoms with Crippen LogP contribution in [-0.2, 0) is 0 Å². The second-order valence-corrected chi connectivity index (χ2v) is 4.16. The number of fused-ring (bicyclic) bond motifs is 1. The van der Waals surface area contributed by atoms with Crippen LogP contribution >= 0.6 is 0 Å². The molecule has 0 fully saturated rings. The zero-order valence-corrected chi connectivity index (χ0v) is 10.2. The van der Waals surface area contributed by atoms with Crippen molar-refractivity contribution in [3.05, 3.63) is 40.6 Å². The van der Waals surface area contributed by atoms with Gasteiger partial charge in [-0.25, -0.2) is 4.98 Å². The first-order valence-electron chi connectivity index (χ1n) is 5.43. The standard InChI is InChI=1S/C13H13N3O2/c1-6-4-3-5-8-9(6)7(2)10(12(14)17)11(16-8)13(15)18/h3-5H,1-2H3,(H2,14,17)(H2,15,18). The summed E-state index contributed by atoms with van der Waals surface area (Å²) in [4.78, 5) is 27.0. The molecule has 18 heavy (non-hydrogen) atoms. The molecule has 0 saturated heterocycles. The summed E-state index contributed by atoms with van der Waals surface area (Å²) in [5.41, 5.74) is 12.8. The maximum absolute atomic E-state index is 11.5. The molecular weight excluding hydrogens is 230 g/mol. The number of carbonyl (C=O) groups excluding carboxylic acids is 2. The fraction of sp³-hybridized carbons (Fsp3) is 0.154. The van der Waals surface area contributed by atoms with E-state index in [1.807, 2.05) is 19.1 Å². The van der Waals surface area contributed by atoms with E-state index in [1.165, 1.54) is 0 Å². The molecule has 0 aliphatic heterocycles. The highest BCUT2D eigenvalue weighted by molar-refractivity contribution is 6.09. The number of nitrogens with two attached hydrogens (primary N) is 2. The van der Waals surface area contributed by atoms with Crippen LogP contribution in [0.15, 0.2) is 18.2 Å². The second-order valence-electron chi connectivity index (χ2n) is 4.16. The lowest BCUT2D eigenvalue weighted by molar-refractivity contribution is 0.0963. The Bertz CT molecular complexity index is 677. The highest BCUT2D eigenvalue weighted by atomic mass is 16.2. The Balaban J connectivity index is 3.00. The molecule has 0 saturated carbocycles. The van der Waals surface area contributed by atoms with Gasteiger partial charge in [-0.3, -0.25) is 9.59 Å². The van der Waals surface area contributed by atoms with Crippen LogP contribution in [0.5, 0.6) is 0 Å². The molecule has 0 atom stereocenters. The minimum absolute atomic E-state index is 0.0712. The monoisotopic (exact) mass is 243 g/mol. The zero-order chi connectivity index (χ0) is 13.4. The fourth-order valence-electron chi connectivity index (χ4n) is 2.19. The summed E-state index contributed by atoms with van der Waals surface area (Å²) < 4.78 is 0. The molecule has 0 unspecified atom stereocenters. The summed E-state index contributed by atoms with van der Waals surface area (Å²) in [6.07, 6.45) is 0. The molecule has 0 radical (unpaired) electrons. The Morgan fingerprint density at radius 2 is 1.78 bits per heavy atom. The molecule has 4 N–H and O–H groups in total. The molecule has 1 aromatic heterocycles. The van der Waals surface area contributed by atoms with Crippen LogP contribution < -0.4 is 11.5 Å². The van der Waals surface area contributed by atoms with Gasteiger partial charge in [-0.1, -0.05) is 12.1 Å². The highest BCUT2D eigenvalue weighted by Gasteiger charge is 2.20. The molecule has 2 aromatic rings. The summed E-state index contributed by atoms with van der Waals surface area (Å²) in [6.45, 7) is 3.65. The zero-order valence-electron chi connectivity index (χ0n) is 10.2. The molecular formula is C13H13N3O2. The van der Waals surface area contributed by atoms with Crippen molar-refractivity contribution in [1.29, 1.82) is 0 Å². The predicted octanol–water partition coefficient (Wildman–Crippen LogP) is 1.05. The van der Waals surface area contributed by atoms with Gasteiger partial charge in [0, 0.05) is 5.39 Å². The highest BCUT2D eigenvalue weighted by Crippen LogP contribution is 2.25. The van der Waals surface area contributed by atoms with Crippen molar-refractivity contribution in [2.45, 2.75) is 13.8 Å². The Morgan fingerprint density at radius 1 is 1.11 bits per heavy atom. The van der Waals surface area contributed by atoms with Crippen molar-refractivity contribution in [1.82, 2.24) is 4.98 Å². The molecule has 1 aromatic carbocycles. The van der Waals surface area contributed by atoms with Gasteiger partial charge in [0.15, 0.2) is 0 Å². The van der Waals surface area contributed by atoms with E-state index < -0.39 is 11.8 Å². The fourth-order valence-corrected chi connectivity index (χ4v) is 2.19. The number of aromatic nitrogens is 1. The molecule has 0 bridgehead atoms. The van der Waals surface area contributed by atoms with E-state index in [4.69, 9.17) is 11.5 Å². The van der Waals surface area contributed by atoms with Crippen LogP contribution in [-0.4, -0.2) is 16.8 Å². The lowest BCUT2D eigenvalue weighted by atomic mass is 9.98. The summed E-state index contributed by atoms with van der Waals surface area (Å²) in [7, 11) is 0. The summed E-state index contributed by atoms with van der Waals surface area (Å²) >= 11 is 0. The predicted molar refractivity (Wildman–Crippen MR) is 68.3 cm³/mol. The summed E-state index contributed by atoms with van der Waals surface area (Å²) in [5, 5.41) is 0.830. The first-order chi connectivity index (χ1) is 8.43. The maximum Gasteiger partial charge on any atom is 0.268 e. The van der Waals surface area contributed by atoms with E-state index in [0.717, 1.165) is 10.9 Å². The van der Waals surface area contributed by atoms with Crippen LogP contribution in [0.3, 0.4) is 0 Å². The van der Waals surface area contributed by atoms with Gasteiger partial charge in [-0.05, 0) is 31.0 Å².